The normalized spacial score (nSPS) is 11.7. The number of amides is 1. The summed E-state index contributed by atoms with van der Waals surface area (Å²) in [6.07, 6.45) is -0.998. The summed E-state index contributed by atoms with van der Waals surface area (Å²) in [6, 6.07) is 6.56. The monoisotopic (exact) mass is 343 g/mol. The van der Waals surface area contributed by atoms with Gasteiger partial charge in [0.15, 0.2) is 11.9 Å². The van der Waals surface area contributed by atoms with Crippen molar-refractivity contribution in [1.29, 1.82) is 0 Å². The maximum absolute atomic E-state index is 12.3. The molecule has 1 N–H and O–H groups in total. The second-order valence-electron chi connectivity index (χ2n) is 5.89. The molecule has 0 saturated carbocycles. The third kappa shape index (κ3) is 4.15. The summed E-state index contributed by atoms with van der Waals surface area (Å²) in [5, 5.41) is 2.64. The zero-order valence-corrected chi connectivity index (χ0v) is 14.9. The van der Waals surface area contributed by atoms with Crippen LogP contribution in [0.25, 0.3) is 0 Å². The highest BCUT2D eigenvalue weighted by atomic mass is 16.5. The van der Waals surface area contributed by atoms with E-state index in [1.807, 2.05) is 0 Å². The highest BCUT2D eigenvalue weighted by Gasteiger charge is 2.24. The molecule has 132 valence electrons. The first-order valence-electron chi connectivity index (χ1n) is 7.90. The first-order chi connectivity index (χ1) is 11.7. The van der Waals surface area contributed by atoms with Gasteiger partial charge in [-0.15, -0.1) is 0 Å². The molecule has 2 rings (SSSR count). The molecule has 25 heavy (non-hydrogen) atoms. The van der Waals surface area contributed by atoms with Crippen molar-refractivity contribution in [3.05, 3.63) is 52.5 Å². The van der Waals surface area contributed by atoms with E-state index < -0.39 is 18.0 Å². The average Bonchev–Trinajstić information content (AvgIpc) is 2.80. The number of nitrogens with one attached hydrogen (secondary N) is 1. The lowest BCUT2D eigenvalue weighted by Gasteiger charge is -2.14. The molecule has 0 spiro atoms. The summed E-state index contributed by atoms with van der Waals surface area (Å²) >= 11 is 0. The molecule has 1 aromatic carbocycles. The number of hydrogen-bond donors (Lipinski definition) is 1. The average molecular weight is 343 g/mol. The lowest BCUT2D eigenvalue weighted by molar-refractivity contribution is -0.123. The number of hydrogen-bond acceptors (Lipinski definition) is 5. The number of carbonyl (C=O) groups excluding carboxylic acids is 3. The van der Waals surface area contributed by atoms with Crippen LogP contribution < -0.4 is 5.32 Å². The Morgan fingerprint density at radius 2 is 1.80 bits per heavy atom. The molecule has 0 bridgehead atoms. The number of carbonyl (C=O) groups is 3. The molecule has 0 fully saturated rings. The largest absolute Gasteiger partial charge is 0.465 e. The first kappa shape index (κ1) is 18.4. The number of Topliss-reactive ketones (excluding diaryl/α,β-unsaturated/α-hetero) is 1. The minimum atomic E-state index is -0.998. The molecule has 1 heterocycles. The van der Waals surface area contributed by atoms with E-state index in [4.69, 9.17) is 9.15 Å². The standard InChI is InChI=1S/C19H21NO5/c1-10-12(3)24-13(4)17(10)19(23)25-14(5)18(22)20-16-8-6-7-15(9-16)11(2)21/h6-9,14H,1-5H3,(H,20,22)/t14-/m0/s1. The molecule has 1 atom stereocenters. The van der Waals surface area contributed by atoms with Crippen molar-refractivity contribution >= 4 is 23.3 Å². The molecule has 2 aromatic rings. The van der Waals surface area contributed by atoms with Crippen molar-refractivity contribution < 1.29 is 23.5 Å². The van der Waals surface area contributed by atoms with Gasteiger partial charge in [-0.05, 0) is 46.8 Å². The van der Waals surface area contributed by atoms with Crippen LogP contribution in [-0.4, -0.2) is 23.8 Å². The second-order valence-corrected chi connectivity index (χ2v) is 5.89. The van der Waals surface area contributed by atoms with E-state index in [2.05, 4.69) is 5.32 Å². The molecular weight excluding hydrogens is 322 g/mol. The molecule has 6 heteroatoms. The number of rotatable bonds is 5. The Labute approximate surface area is 146 Å². The number of benzene rings is 1. The Morgan fingerprint density at radius 1 is 1.12 bits per heavy atom. The van der Waals surface area contributed by atoms with E-state index >= 15 is 0 Å². The van der Waals surface area contributed by atoms with Crippen molar-refractivity contribution in [3.63, 3.8) is 0 Å². The Hall–Kier alpha value is -2.89. The van der Waals surface area contributed by atoms with Crippen LogP contribution in [0.2, 0.25) is 0 Å². The SMILES string of the molecule is CC(=O)c1cccc(NC(=O)[C@H](C)OC(=O)c2c(C)oc(C)c2C)c1. The van der Waals surface area contributed by atoms with Crippen LogP contribution in [0, 0.1) is 20.8 Å². The Balaban J connectivity index is 2.06. The molecule has 0 saturated heterocycles. The van der Waals surface area contributed by atoms with Crippen LogP contribution in [0.4, 0.5) is 5.69 Å². The van der Waals surface area contributed by atoms with Gasteiger partial charge in [0.2, 0.25) is 0 Å². The van der Waals surface area contributed by atoms with Crippen LogP contribution in [0.5, 0.6) is 0 Å². The van der Waals surface area contributed by atoms with E-state index in [1.165, 1.54) is 13.8 Å². The van der Waals surface area contributed by atoms with E-state index in [-0.39, 0.29) is 5.78 Å². The third-order valence-electron chi connectivity index (χ3n) is 3.96. The first-order valence-corrected chi connectivity index (χ1v) is 7.90. The summed E-state index contributed by atoms with van der Waals surface area (Å²) in [4.78, 5) is 35.9. The number of ketones is 1. The van der Waals surface area contributed by atoms with Gasteiger partial charge in [0.05, 0.1) is 0 Å². The predicted octanol–water partition coefficient (Wildman–Crippen LogP) is 3.59. The molecule has 0 aliphatic rings. The fraction of sp³-hybridized carbons (Fsp3) is 0.316. The Bertz CT molecular complexity index is 834. The summed E-state index contributed by atoms with van der Waals surface area (Å²) in [6.45, 7) is 8.13. The maximum atomic E-state index is 12.3. The third-order valence-corrected chi connectivity index (χ3v) is 3.96. The van der Waals surface area contributed by atoms with Crippen LogP contribution in [0.15, 0.2) is 28.7 Å². The van der Waals surface area contributed by atoms with Crippen molar-refractivity contribution in [1.82, 2.24) is 0 Å². The van der Waals surface area contributed by atoms with Gasteiger partial charge in [-0.2, -0.15) is 0 Å². The summed E-state index contributed by atoms with van der Waals surface area (Å²) in [7, 11) is 0. The molecule has 6 nitrogen and oxygen atoms in total. The fourth-order valence-electron chi connectivity index (χ4n) is 2.43. The lowest BCUT2D eigenvalue weighted by Crippen LogP contribution is -2.30. The number of aryl methyl sites for hydroxylation is 2. The topological polar surface area (TPSA) is 85.6 Å². The van der Waals surface area contributed by atoms with Crippen molar-refractivity contribution in [2.75, 3.05) is 5.32 Å². The maximum Gasteiger partial charge on any atom is 0.342 e. The zero-order valence-electron chi connectivity index (χ0n) is 14.9. The van der Waals surface area contributed by atoms with E-state index in [0.29, 0.717) is 33.9 Å². The number of furan rings is 1. The van der Waals surface area contributed by atoms with Crippen molar-refractivity contribution in [2.24, 2.45) is 0 Å². The smallest absolute Gasteiger partial charge is 0.342 e. The molecule has 1 amide bonds. The van der Waals surface area contributed by atoms with E-state index in [0.717, 1.165) is 0 Å². The highest BCUT2D eigenvalue weighted by molar-refractivity contribution is 6.00. The van der Waals surface area contributed by atoms with Crippen molar-refractivity contribution in [3.8, 4) is 0 Å². The summed E-state index contributed by atoms with van der Waals surface area (Å²) in [5.41, 5.74) is 2.00. The predicted molar refractivity (Wildman–Crippen MR) is 92.9 cm³/mol. The lowest BCUT2D eigenvalue weighted by atomic mass is 10.1. The summed E-state index contributed by atoms with van der Waals surface area (Å²) in [5.74, 6) is -0.0854. The van der Waals surface area contributed by atoms with Gasteiger partial charge >= 0.3 is 5.97 Å². The molecule has 0 unspecified atom stereocenters. The Morgan fingerprint density at radius 3 is 2.36 bits per heavy atom. The van der Waals surface area contributed by atoms with E-state index in [1.54, 1.807) is 45.0 Å². The van der Waals surface area contributed by atoms with Gasteiger partial charge < -0.3 is 14.5 Å². The van der Waals surface area contributed by atoms with Crippen LogP contribution in [0.3, 0.4) is 0 Å². The number of ether oxygens (including phenoxy) is 1. The fourth-order valence-corrected chi connectivity index (χ4v) is 2.43. The zero-order chi connectivity index (χ0) is 18.7. The highest BCUT2D eigenvalue weighted by Crippen LogP contribution is 2.22. The molecule has 0 aliphatic carbocycles. The van der Waals surface area contributed by atoms with Gasteiger partial charge in [0.25, 0.3) is 5.91 Å². The van der Waals surface area contributed by atoms with Crippen LogP contribution >= 0.6 is 0 Å². The van der Waals surface area contributed by atoms with Gasteiger partial charge in [-0.25, -0.2) is 4.79 Å². The quantitative estimate of drug-likeness (QED) is 0.662. The Kier molecular flexibility index (Phi) is 5.41. The molecule has 1 aromatic heterocycles. The molecule has 0 aliphatic heterocycles. The van der Waals surface area contributed by atoms with Gasteiger partial charge in [-0.3, -0.25) is 9.59 Å². The minimum Gasteiger partial charge on any atom is -0.465 e. The van der Waals surface area contributed by atoms with Crippen LogP contribution in [-0.2, 0) is 9.53 Å². The van der Waals surface area contributed by atoms with E-state index in [9.17, 15) is 14.4 Å². The van der Waals surface area contributed by atoms with Crippen molar-refractivity contribution in [2.45, 2.75) is 40.7 Å². The number of anilines is 1. The minimum absolute atomic E-state index is 0.100. The van der Waals surface area contributed by atoms with Gasteiger partial charge in [0.1, 0.15) is 17.1 Å². The molecule has 0 radical (unpaired) electrons. The second kappa shape index (κ2) is 7.34. The molecular formula is C19H21NO5. The van der Waals surface area contributed by atoms with Gasteiger partial charge in [-0.1, -0.05) is 12.1 Å². The summed E-state index contributed by atoms with van der Waals surface area (Å²) < 4.78 is 10.7. The number of esters is 1. The van der Waals surface area contributed by atoms with Crippen LogP contribution in [0.1, 0.15) is 51.6 Å². The van der Waals surface area contributed by atoms with Gasteiger partial charge in [0, 0.05) is 16.8 Å².